The number of carbonyl (C=O) groups is 1. The molecular weight excluding hydrogens is 342 g/mol. The highest BCUT2D eigenvalue weighted by Gasteiger charge is 2.24. The predicted molar refractivity (Wildman–Crippen MR) is 89.9 cm³/mol. The molecule has 0 aliphatic carbocycles. The summed E-state index contributed by atoms with van der Waals surface area (Å²) in [4.78, 5) is 34.6. The van der Waals surface area contributed by atoms with Crippen LogP contribution >= 0.6 is 0 Å². The van der Waals surface area contributed by atoms with Crippen molar-refractivity contribution in [3.05, 3.63) is 65.0 Å². The molecule has 0 unspecified atom stereocenters. The molecule has 3 aromatic rings. The SMILES string of the molecule is COc1ccc(C(=O)NNc2ncnc(-n3ccnc3)c2[N+](=O)[O-])cc1. The smallest absolute Gasteiger partial charge is 0.355 e. The average molecular weight is 355 g/mol. The Labute approximate surface area is 146 Å². The van der Waals surface area contributed by atoms with Gasteiger partial charge in [0.25, 0.3) is 5.91 Å². The Kier molecular flexibility index (Phi) is 4.69. The Morgan fingerprint density at radius 1 is 1.27 bits per heavy atom. The van der Waals surface area contributed by atoms with Crippen LogP contribution < -0.4 is 15.6 Å². The van der Waals surface area contributed by atoms with E-state index in [1.165, 1.54) is 30.4 Å². The fourth-order valence-corrected chi connectivity index (χ4v) is 2.13. The van der Waals surface area contributed by atoms with E-state index in [1.807, 2.05) is 0 Å². The molecule has 2 N–H and O–H groups in total. The van der Waals surface area contributed by atoms with Gasteiger partial charge in [-0.3, -0.25) is 30.3 Å². The Morgan fingerprint density at radius 2 is 2.04 bits per heavy atom. The Morgan fingerprint density at radius 3 is 2.65 bits per heavy atom. The molecule has 3 rings (SSSR count). The number of hydrazine groups is 1. The van der Waals surface area contributed by atoms with Crippen molar-refractivity contribution >= 4 is 17.4 Å². The fourth-order valence-electron chi connectivity index (χ4n) is 2.13. The second kappa shape index (κ2) is 7.25. The standard InChI is InChI=1S/C15H13N7O4/c1-26-11-4-2-10(3-5-11)15(23)20-19-13-12(22(24)25)14(18-8-17-13)21-7-6-16-9-21/h2-9H,1H3,(H,20,23)(H,17,18,19). The molecule has 26 heavy (non-hydrogen) atoms. The predicted octanol–water partition coefficient (Wildman–Crippen LogP) is 1.34. The molecule has 0 saturated heterocycles. The minimum atomic E-state index is -0.642. The van der Waals surface area contributed by atoms with Crippen LogP contribution in [0, 0.1) is 10.1 Å². The minimum absolute atomic E-state index is 0.0173. The van der Waals surface area contributed by atoms with Crippen molar-refractivity contribution in [2.45, 2.75) is 0 Å². The zero-order chi connectivity index (χ0) is 18.5. The van der Waals surface area contributed by atoms with Crippen molar-refractivity contribution in [1.29, 1.82) is 0 Å². The highest BCUT2D eigenvalue weighted by Crippen LogP contribution is 2.26. The molecule has 11 heteroatoms. The zero-order valence-corrected chi connectivity index (χ0v) is 13.5. The van der Waals surface area contributed by atoms with Gasteiger partial charge >= 0.3 is 5.69 Å². The third-order valence-electron chi connectivity index (χ3n) is 3.38. The number of aromatic nitrogens is 4. The number of carbonyl (C=O) groups excluding carboxylic acids is 1. The number of rotatable bonds is 6. The summed E-state index contributed by atoms with van der Waals surface area (Å²) in [6.07, 6.45) is 5.48. The Balaban J connectivity index is 1.82. The molecule has 11 nitrogen and oxygen atoms in total. The monoisotopic (exact) mass is 355 g/mol. The third-order valence-corrected chi connectivity index (χ3v) is 3.38. The largest absolute Gasteiger partial charge is 0.497 e. The van der Waals surface area contributed by atoms with Crippen molar-refractivity contribution < 1.29 is 14.5 Å². The summed E-state index contributed by atoms with van der Waals surface area (Å²) in [7, 11) is 1.52. The number of ether oxygens (including phenoxy) is 1. The summed E-state index contributed by atoms with van der Waals surface area (Å²) in [6, 6.07) is 6.36. The fraction of sp³-hybridized carbons (Fsp3) is 0.0667. The second-order valence-electron chi connectivity index (χ2n) is 4.93. The van der Waals surface area contributed by atoms with Crippen LogP contribution in [0.5, 0.6) is 5.75 Å². The molecule has 0 aliphatic rings. The molecule has 2 aromatic heterocycles. The van der Waals surface area contributed by atoms with Crippen LogP contribution in [0.25, 0.3) is 5.82 Å². The average Bonchev–Trinajstić information content (AvgIpc) is 3.20. The number of anilines is 1. The van der Waals surface area contributed by atoms with E-state index in [9.17, 15) is 14.9 Å². The molecule has 0 bridgehead atoms. The van der Waals surface area contributed by atoms with Crippen molar-refractivity contribution in [3.63, 3.8) is 0 Å². The van der Waals surface area contributed by atoms with Gasteiger partial charge in [-0.2, -0.15) is 0 Å². The van der Waals surface area contributed by atoms with Gasteiger partial charge in [-0.05, 0) is 24.3 Å². The quantitative estimate of drug-likeness (QED) is 0.499. The summed E-state index contributed by atoms with van der Waals surface area (Å²) in [5.41, 5.74) is 4.77. The number of hydrogen-bond acceptors (Lipinski definition) is 8. The summed E-state index contributed by atoms with van der Waals surface area (Å²) in [6.45, 7) is 0. The van der Waals surface area contributed by atoms with Gasteiger partial charge < -0.3 is 4.74 Å². The van der Waals surface area contributed by atoms with Crippen molar-refractivity contribution in [1.82, 2.24) is 24.9 Å². The van der Waals surface area contributed by atoms with E-state index >= 15 is 0 Å². The van der Waals surface area contributed by atoms with Gasteiger partial charge in [0.05, 0.1) is 12.0 Å². The van der Waals surface area contributed by atoms with Gasteiger partial charge in [0, 0.05) is 18.0 Å². The van der Waals surface area contributed by atoms with Gasteiger partial charge in [0.15, 0.2) is 0 Å². The molecule has 0 saturated carbocycles. The molecule has 0 atom stereocenters. The van der Waals surface area contributed by atoms with E-state index in [1.54, 1.807) is 24.3 Å². The lowest BCUT2D eigenvalue weighted by molar-refractivity contribution is -0.384. The number of nitro groups is 1. The number of nitrogens with zero attached hydrogens (tertiary/aromatic N) is 5. The van der Waals surface area contributed by atoms with E-state index in [0.29, 0.717) is 11.3 Å². The van der Waals surface area contributed by atoms with E-state index < -0.39 is 16.5 Å². The van der Waals surface area contributed by atoms with Crippen molar-refractivity contribution in [3.8, 4) is 11.6 Å². The van der Waals surface area contributed by atoms with Crippen molar-refractivity contribution in [2.75, 3.05) is 12.5 Å². The number of benzene rings is 1. The number of methoxy groups -OCH3 is 1. The summed E-state index contributed by atoms with van der Waals surface area (Å²) in [5.74, 6) is -0.0325. The summed E-state index contributed by atoms with van der Waals surface area (Å²) >= 11 is 0. The molecule has 132 valence electrons. The highest BCUT2D eigenvalue weighted by atomic mass is 16.6. The van der Waals surface area contributed by atoms with Crippen LogP contribution in [0.4, 0.5) is 11.5 Å². The van der Waals surface area contributed by atoms with E-state index in [0.717, 1.165) is 6.33 Å². The maximum Gasteiger partial charge on any atom is 0.355 e. The van der Waals surface area contributed by atoms with Crippen LogP contribution in [0.2, 0.25) is 0 Å². The normalized spacial score (nSPS) is 10.2. The molecular formula is C15H13N7O4. The van der Waals surface area contributed by atoms with Gasteiger partial charge in [0.1, 0.15) is 18.4 Å². The minimum Gasteiger partial charge on any atom is -0.497 e. The molecule has 1 amide bonds. The van der Waals surface area contributed by atoms with Crippen LogP contribution in [0.15, 0.2) is 49.3 Å². The Hall–Kier alpha value is -4.02. The number of amides is 1. The highest BCUT2D eigenvalue weighted by molar-refractivity contribution is 5.95. The lowest BCUT2D eigenvalue weighted by Gasteiger charge is -2.10. The summed E-state index contributed by atoms with van der Waals surface area (Å²) in [5, 5.41) is 11.4. The van der Waals surface area contributed by atoms with E-state index in [-0.39, 0.29) is 11.6 Å². The molecule has 0 spiro atoms. The Bertz CT molecular complexity index is 926. The first-order chi connectivity index (χ1) is 12.6. The van der Waals surface area contributed by atoms with Gasteiger partial charge in [-0.25, -0.2) is 15.0 Å². The van der Waals surface area contributed by atoms with Gasteiger partial charge in [-0.15, -0.1) is 0 Å². The maximum atomic E-state index is 12.2. The van der Waals surface area contributed by atoms with Crippen LogP contribution in [0.3, 0.4) is 0 Å². The maximum absolute atomic E-state index is 12.2. The van der Waals surface area contributed by atoms with E-state index in [2.05, 4.69) is 25.8 Å². The molecule has 0 aliphatic heterocycles. The lowest BCUT2D eigenvalue weighted by Crippen LogP contribution is -2.30. The first kappa shape index (κ1) is 16.8. The molecule has 0 fully saturated rings. The number of nitrogens with one attached hydrogen (secondary N) is 2. The second-order valence-corrected chi connectivity index (χ2v) is 4.93. The van der Waals surface area contributed by atoms with Gasteiger partial charge in [-0.1, -0.05) is 0 Å². The topological polar surface area (TPSA) is 137 Å². The number of hydrogen-bond donors (Lipinski definition) is 2. The molecule has 1 aromatic carbocycles. The molecule has 0 radical (unpaired) electrons. The first-order valence-corrected chi connectivity index (χ1v) is 7.28. The van der Waals surface area contributed by atoms with Crippen LogP contribution in [-0.4, -0.2) is 37.5 Å². The van der Waals surface area contributed by atoms with E-state index in [4.69, 9.17) is 4.74 Å². The van der Waals surface area contributed by atoms with Crippen LogP contribution in [0.1, 0.15) is 10.4 Å². The van der Waals surface area contributed by atoms with Gasteiger partial charge in [0.2, 0.25) is 11.6 Å². The first-order valence-electron chi connectivity index (χ1n) is 7.28. The molecule has 2 heterocycles. The zero-order valence-electron chi connectivity index (χ0n) is 13.5. The third kappa shape index (κ3) is 3.40. The lowest BCUT2D eigenvalue weighted by atomic mass is 10.2. The van der Waals surface area contributed by atoms with Crippen molar-refractivity contribution in [2.24, 2.45) is 0 Å². The number of imidazole rings is 1. The summed E-state index contributed by atoms with van der Waals surface area (Å²) < 4.78 is 6.39. The van der Waals surface area contributed by atoms with Crippen LogP contribution in [-0.2, 0) is 0 Å².